The van der Waals surface area contributed by atoms with Gasteiger partial charge in [-0.25, -0.2) is 4.79 Å². The molecule has 1 N–H and O–H groups in total. The van der Waals surface area contributed by atoms with Crippen LogP contribution < -0.4 is 0 Å². The molecule has 2 rings (SSSR count). The molecule has 6 nitrogen and oxygen atoms in total. The molecule has 1 aromatic heterocycles. The third kappa shape index (κ3) is 4.92. The fourth-order valence-corrected chi connectivity index (χ4v) is 2.53. The number of benzene rings is 1. The first-order chi connectivity index (χ1) is 11.6. The minimum atomic E-state index is -0.667. The lowest BCUT2D eigenvalue weighted by Gasteiger charge is -2.05. The summed E-state index contributed by atoms with van der Waals surface area (Å²) in [7, 11) is 0. The lowest BCUT2D eigenvalue weighted by Crippen LogP contribution is -2.10. The lowest BCUT2D eigenvalue weighted by atomic mass is 10.1. The molecule has 0 amide bonds. The van der Waals surface area contributed by atoms with Gasteiger partial charge in [0.15, 0.2) is 0 Å². The van der Waals surface area contributed by atoms with Crippen molar-refractivity contribution in [3.63, 3.8) is 0 Å². The summed E-state index contributed by atoms with van der Waals surface area (Å²) in [6.45, 7) is 3.30. The topological polar surface area (TPSA) is 80.5 Å². The molecule has 0 radical (unpaired) electrons. The predicted molar refractivity (Wildman–Crippen MR) is 93.5 cm³/mol. The highest BCUT2D eigenvalue weighted by atomic mass is 32.1. The number of carbonyl (C=O) groups is 1. The van der Waals surface area contributed by atoms with Gasteiger partial charge in [0, 0.05) is 5.56 Å². The van der Waals surface area contributed by atoms with Gasteiger partial charge in [-0.1, -0.05) is 35.4 Å². The molecule has 0 spiro atoms. The number of nitrogens with zero attached hydrogens (tertiary/aromatic N) is 2. The van der Waals surface area contributed by atoms with E-state index < -0.39 is 5.97 Å². The summed E-state index contributed by atoms with van der Waals surface area (Å²) in [5, 5.41) is 19.4. The average molecular weight is 346 g/mol. The zero-order valence-corrected chi connectivity index (χ0v) is 14.2. The largest absolute Gasteiger partial charge is 0.507 e. The molecule has 0 fully saturated rings. The number of phenols is 1. The fourth-order valence-electron chi connectivity index (χ4n) is 1.87. The molecule has 0 unspecified atom stereocenters. The molecule has 0 aliphatic rings. The number of hydrogen-bond acceptors (Lipinski definition) is 7. The standard InChI is InChI=1S/C17H18N2O4S/c1-3-14(13-7-4-5-8-15(13)20)19-23-17(21)11-22-18-12(2)16-9-6-10-24-16/h4-10,20H,3,11H2,1-2H3. The number of para-hydroxylation sites is 1. The van der Waals surface area contributed by atoms with Gasteiger partial charge in [-0.15, -0.1) is 11.3 Å². The van der Waals surface area contributed by atoms with E-state index in [1.54, 1.807) is 31.2 Å². The molecule has 0 atom stereocenters. The summed E-state index contributed by atoms with van der Waals surface area (Å²) in [5.74, 6) is -0.583. The monoisotopic (exact) mass is 346 g/mol. The highest BCUT2D eigenvalue weighted by Gasteiger charge is 2.09. The van der Waals surface area contributed by atoms with E-state index in [2.05, 4.69) is 10.3 Å². The van der Waals surface area contributed by atoms with Crippen molar-refractivity contribution in [2.45, 2.75) is 20.3 Å². The number of hydrogen-bond donors (Lipinski definition) is 1. The second kappa shape index (κ2) is 8.83. The smallest absolute Gasteiger partial charge is 0.374 e. The van der Waals surface area contributed by atoms with Crippen LogP contribution in [0.2, 0.25) is 0 Å². The zero-order chi connectivity index (χ0) is 17.4. The Morgan fingerprint density at radius 2 is 2.00 bits per heavy atom. The van der Waals surface area contributed by atoms with Crippen molar-refractivity contribution in [3.05, 3.63) is 52.2 Å². The van der Waals surface area contributed by atoms with Crippen LogP contribution in [0.25, 0.3) is 0 Å². The summed E-state index contributed by atoms with van der Waals surface area (Å²) in [5.41, 5.74) is 1.68. The van der Waals surface area contributed by atoms with E-state index in [-0.39, 0.29) is 12.4 Å². The SMILES string of the molecule is CCC(=NOC(=O)CON=C(C)c1cccs1)c1ccccc1O. The molecule has 0 saturated carbocycles. The van der Waals surface area contributed by atoms with E-state index >= 15 is 0 Å². The van der Waals surface area contributed by atoms with Gasteiger partial charge < -0.3 is 14.8 Å². The summed E-state index contributed by atoms with van der Waals surface area (Å²) in [4.78, 5) is 22.4. The second-order valence-electron chi connectivity index (χ2n) is 4.80. The maximum absolute atomic E-state index is 11.7. The van der Waals surface area contributed by atoms with Crippen molar-refractivity contribution in [2.75, 3.05) is 6.61 Å². The van der Waals surface area contributed by atoms with E-state index in [9.17, 15) is 9.90 Å². The van der Waals surface area contributed by atoms with Crippen LogP contribution in [-0.2, 0) is 14.5 Å². The second-order valence-corrected chi connectivity index (χ2v) is 5.75. The van der Waals surface area contributed by atoms with Crippen LogP contribution in [-0.4, -0.2) is 29.1 Å². The Kier molecular flexibility index (Phi) is 6.51. The maximum atomic E-state index is 11.7. The molecule has 126 valence electrons. The van der Waals surface area contributed by atoms with Crippen molar-refractivity contribution >= 4 is 28.7 Å². The van der Waals surface area contributed by atoms with Crippen LogP contribution in [0.15, 0.2) is 52.1 Å². The summed E-state index contributed by atoms with van der Waals surface area (Å²) >= 11 is 1.53. The third-order valence-electron chi connectivity index (χ3n) is 3.07. The molecule has 24 heavy (non-hydrogen) atoms. The molecule has 0 aliphatic heterocycles. The van der Waals surface area contributed by atoms with Crippen LogP contribution in [0.5, 0.6) is 5.75 Å². The summed E-state index contributed by atoms with van der Waals surface area (Å²) in [6.07, 6.45) is 0.501. The van der Waals surface area contributed by atoms with Crippen molar-refractivity contribution < 1.29 is 19.6 Å². The zero-order valence-electron chi connectivity index (χ0n) is 13.4. The number of carbonyl (C=O) groups excluding carboxylic acids is 1. The lowest BCUT2D eigenvalue weighted by molar-refractivity contribution is -0.148. The molecule has 0 bridgehead atoms. The normalized spacial score (nSPS) is 12.1. The van der Waals surface area contributed by atoms with Crippen molar-refractivity contribution in [3.8, 4) is 5.75 Å². The molecule has 1 aromatic carbocycles. The Hall–Kier alpha value is -2.67. The van der Waals surface area contributed by atoms with Crippen LogP contribution in [0.4, 0.5) is 0 Å². The van der Waals surface area contributed by atoms with E-state index in [1.165, 1.54) is 11.3 Å². The van der Waals surface area contributed by atoms with Crippen molar-refractivity contribution in [1.29, 1.82) is 0 Å². The summed E-state index contributed by atoms with van der Waals surface area (Å²) in [6, 6.07) is 10.6. The quantitative estimate of drug-likeness (QED) is 0.472. The maximum Gasteiger partial charge on any atom is 0.374 e. The van der Waals surface area contributed by atoms with Crippen molar-refractivity contribution in [2.24, 2.45) is 10.3 Å². The number of aromatic hydroxyl groups is 1. The van der Waals surface area contributed by atoms with Crippen LogP contribution >= 0.6 is 11.3 Å². The van der Waals surface area contributed by atoms with E-state index in [0.29, 0.717) is 23.4 Å². The minimum Gasteiger partial charge on any atom is -0.507 e. The minimum absolute atomic E-state index is 0.0848. The Morgan fingerprint density at radius 1 is 1.21 bits per heavy atom. The van der Waals surface area contributed by atoms with Crippen LogP contribution in [0, 0.1) is 0 Å². The van der Waals surface area contributed by atoms with Gasteiger partial charge in [0.1, 0.15) is 5.75 Å². The Balaban J connectivity index is 1.90. The Morgan fingerprint density at radius 3 is 2.67 bits per heavy atom. The first kappa shape index (κ1) is 17.7. The van der Waals surface area contributed by atoms with Gasteiger partial charge in [0.2, 0.25) is 6.61 Å². The first-order valence-electron chi connectivity index (χ1n) is 7.37. The van der Waals surface area contributed by atoms with E-state index in [1.807, 2.05) is 24.4 Å². The van der Waals surface area contributed by atoms with Crippen LogP contribution in [0.3, 0.4) is 0 Å². The van der Waals surface area contributed by atoms with Gasteiger partial charge in [-0.3, -0.25) is 0 Å². The highest BCUT2D eigenvalue weighted by Crippen LogP contribution is 2.18. The van der Waals surface area contributed by atoms with E-state index in [4.69, 9.17) is 9.68 Å². The third-order valence-corrected chi connectivity index (χ3v) is 4.05. The van der Waals surface area contributed by atoms with Gasteiger partial charge in [0.05, 0.1) is 16.3 Å². The van der Waals surface area contributed by atoms with Gasteiger partial charge in [-0.2, -0.15) is 0 Å². The highest BCUT2D eigenvalue weighted by molar-refractivity contribution is 7.12. The summed E-state index contributed by atoms with van der Waals surface area (Å²) < 4.78 is 0. The molecular formula is C17H18N2O4S. The number of phenolic OH excluding ortho intramolecular Hbond substituents is 1. The van der Waals surface area contributed by atoms with Crippen molar-refractivity contribution in [1.82, 2.24) is 0 Å². The molecule has 1 heterocycles. The number of rotatable bonds is 7. The molecular weight excluding hydrogens is 328 g/mol. The van der Waals surface area contributed by atoms with Gasteiger partial charge >= 0.3 is 5.97 Å². The number of thiophene rings is 1. The Labute approximate surface area is 144 Å². The number of oxime groups is 2. The predicted octanol–water partition coefficient (Wildman–Crippen LogP) is 3.55. The van der Waals surface area contributed by atoms with E-state index in [0.717, 1.165) is 4.88 Å². The Bertz CT molecular complexity index is 739. The van der Waals surface area contributed by atoms with Crippen LogP contribution in [0.1, 0.15) is 30.7 Å². The molecule has 2 aromatic rings. The average Bonchev–Trinajstić information content (AvgIpc) is 3.11. The molecule has 0 saturated heterocycles. The molecule has 7 heteroatoms. The van der Waals surface area contributed by atoms with Gasteiger partial charge in [0.25, 0.3) is 0 Å². The van der Waals surface area contributed by atoms with Gasteiger partial charge in [-0.05, 0) is 36.9 Å². The fraction of sp³-hybridized carbons (Fsp3) is 0.235. The molecule has 0 aliphatic carbocycles. The first-order valence-corrected chi connectivity index (χ1v) is 8.25.